The summed E-state index contributed by atoms with van der Waals surface area (Å²) in [6.07, 6.45) is 0. The average molecular weight is 488 g/mol. The molecule has 2 N–H and O–H groups in total. The lowest BCUT2D eigenvalue weighted by Crippen LogP contribution is -2.09. The Morgan fingerprint density at radius 1 is 1.31 bits per heavy atom. The molecule has 0 saturated heterocycles. The summed E-state index contributed by atoms with van der Waals surface area (Å²) in [6, 6.07) is 4.53. The number of halogens is 2. The highest BCUT2D eigenvalue weighted by molar-refractivity contribution is 9.10. The summed E-state index contributed by atoms with van der Waals surface area (Å²) in [6.45, 7) is 8.59. The fraction of sp³-hybridized carbons (Fsp3) is 0.421. The fourth-order valence-electron chi connectivity index (χ4n) is 3.08. The van der Waals surface area contributed by atoms with Gasteiger partial charge in [-0.1, -0.05) is 13.8 Å². The van der Waals surface area contributed by atoms with Crippen molar-refractivity contribution in [2.45, 2.75) is 34.2 Å². The molecule has 3 aromatic rings. The Hall–Kier alpha value is -1.67. The molecule has 0 spiro atoms. The number of nitrogens with zero attached hydrogens (tertiary/aromatic N) is 2. The number of fused-ring (bicyclic) bond motifs is 1. The van der Waals surface area contributed by atoms with Crippen LogP contribution in [0.15, 0.2) is 27.1 Å². The van der Waals surface area contributed by atoms with E-state index in [-0.39, 0.29) is 30.3 Å². The van der Waals surface area contributed by atoms with E-state index in [4.69, 9.17) is 19.2 Å². The lowest BCUT2D eigenvalue weighted by Gasteiger charge is -2.14. The van der Waals surface area contributed by atoms with Gasteiger partial charge in [0.05, 0.1) is 24.4 Å². The summed E-state index contributed by atoms with van der Waals surface area (Å²) >= 11 is 3.42. The van der Waals surface area contributed by atoms with Gasteiger partial charge in [0, 0.05) is 11.0 Å². The van der Waals surface area contributed by atoms with Crippen molar-refractivity contribution >= 4 is 45.7 Å². The number of rotatable bonds is 8. The monoisotopic (exact) mass is 487 g/mol. The molecule has 0 aliphatic rings. The first-order valence-corrected chi connectivity index (χ1v) is 11.7. The van der Waals surface area contributed by atoms with Gasteiger partial charge in [-0.05, 0) is 53.9 Å². The highest BCUT2D eigenvalue weighted by Crippen LogP contribution is 2.48. The predicted octanol–water partition coefficient (Wildman–Crippen LogP) is 5.33. The Morgan fingerprint density at radius 3 is 2.55 bits per heavy atom. The predicted molar refractivity (Wildman–Crippen MR) is 115 cm³/mol. The van der Waals surface area contributed by atoms with Crippen LogP contribution in [0.4, 0.5) is 10.1 Å². The van der Waals surface area contributed by atoms with E-state index >= 15 is 0 Å². The quantitative estimate of drug-likeness (QED) is 0.341. The maximum atomic E-state index is 14.1. The Kier molecular flexibility index (Phi) is 6.53. The summed E-state index contributed by atoms with van der Waals surface area (Å²) in [4.78, 5) is 4.55. The molecule has 0 radical (unpaired) electrons. The third kappa shape index (κ3) is 4.14. The summed E-state index contributed by atoms with van der Waals surface area (Å²) in [7, 11) is -3.57. The lowest BCUT2D eigenvalue weighted by atomic mass is 10.2. The highest BCUT2D eigenvalue weighted by atomic mass is 79.9. The van der Waals surface area contributed by atoms with Crippen LogP contribution < -0.4 is 11.2 Å². The maximum absolute atomic E-state index is 14.1. The summed E-state index contributed by atoms with van der Waals surface area (Å²) in [5, 5.41) is 0. The third-order valence-corrected chi connectivity index (χ3v) is 6.77. The van der Waals surface area contributed by atoms with E-state index in [9.17, 15) is 8.96 Å². The van der Waals surface area contributed by atoms with Crippen LogP contribution in [0, 0.1) is 11.7 Å². The maximum Gasteiger partial charge on any atom is 0.396 e. The van der Waals surface area contributed by atoms with Crippen molar-refractivity contribution in [2.24, 2.45) is 5.92 Å². The zero-order valence-corrected chi connectivity index (χ0v) is 19.2. The largest absolute Gasteiger partial charge is 0.445 e. The van der Waals surface area contributed by atoms with Crippen LogP contribution >= 0.6 is 23.5 Å². The van der Waals surface area contributed by atoms with Crippen LogP contribution in [0.1, 0.15) is 27.7 Å². The number of nitrogens with two attached hydrogens (primary N) is 1. The Bertz CT molecular complexity index is 1070. The second-order valence-electron chi connectivity index (χ2n) is 6.86. The molecule has 0 amide bonds. The molecule has 0 aliphatic heterocycles. The molecule has 0 bridgehead atoms. The highest BCUT2D eigenvalue weighted by Gasteiger charge is 2.32. The van der Waals surface area contributed by atoms with E-state index in [2.05, 4.69) is 34.8 Å². The Labute approximate surface area is 177 Å². The van der Waals surface area contributed by atoms with Gasteiger partial charge < -0.3 is 23.8 Å². The standard InChI is InChI=1S/C19H24BrFN3O4P/c1-5-26-29(25,27-6-2)15-8-7-14(28-15)19-23-17-16(22)13(21)9-12(20)18(17)24(19)10-11(3)4/h7-9,11H,5-6,10,22H2,1-4H3. The van der Waals surface area contributed by atoms with Crippen molar-refractivity contribution < 1.29 is 22.4 Å². The van der Waals surface area contributed by atoms with Crippen LogP contribution in [0.25, 0.3) is 22.6 Å². The number of benzene rings is 1. The number of nitrogen functional groups attached to an aromatic ring is 1. The van der Waals surface area contributed by atoms with Crippen molar-refractivity contribution in [1.82, 2.24) is 9.55 Å². The molecular formula is C19H24BrFN3O4P. The number of furan rings is 1. The summed E-state index contributed by atoms with van der Waals surface area (Å²) in [5.74, 6) is 0.542. The molecule has 0 aliphatic carbocycles. The summed E-state index contributed by atoms with van der Waals surface area (Å²) in [5.41, 5.74) is 7.01. The molecule has 0 atom stereocenters. The number of aromatic nitrogens is 2. The number of imidazole rings is 1. The van der Waals surface area contributed by atoms with Gasteiger partial charge in [-0.15, -0.1) is 0 Å². The van der Waals surface area contributed by atoms with Gasteiger partial charge in [-0.2, -0.15) is 0 Å². The van der Waals surface area contributed by atoms with E-state index in [0.29, 0.717) is 33.6 Å². The van der Waals surface area contributed by atoms with Gasteiger partial charge in [-0.25, -0.2) is 9.37 Å². The van der Waals surface area contributed by atoms with Crippen molar-refractivity contribution in [1.29, 1.82) is 0 Å². The molecule has 0 unspecified atom stereocenters. The normalized spacial score (nSPS) is 12.4. The molecule has 0 fully saturated rings. The van der Waals surface area contributed by atoms with Gasteiger partial charge in [0.15, 0.2) is 11.6 Å². The Morgan fingerprint density at radius 2 is 1.97 bits per heavy atom. The van der Waals surface area contributed by atoms with Crippen molar-refractivity contribution in [3.63, 3.8) is 0 Å². The lowest BCUT2D eigenvalue weighted by molar-refractivity contribution is 0.225. The zero-order valence-electron chi connectivity index (χ0n) is 16.7. The second-order valence-corrected chi connectivity index (χ2v) is 9.67. The first kappa shape index (κ1) is 22.0. The topological polar surface area (TPSA) is 92.5 Å². The van der Waals surface area contributed by atoms with Gasteiger partial charge in [0.2, 0.25) is 5.50 Å². The zero-order chi connectivity index (χ0) is 21.3. The third-order valence-electron chi connectivity index (χ3n) is 4.19. The molecule has 0 saturated carbocycles. The molecule has 1 aromatic carbocycles. The summed E-state index contributed by atoms with van der Waals surface area (Å²) < 4.78 is 46.2. The number of hydrogen-bond acceptors (Lipinski definition) is 6. The molecule has 158 valence electrons. The average Bonchev–Trinajstić information content (AvgIpc) is 3.25. The van der Waals surface area contributed by atoms with E-state index in [1.54, 1.807) is 26.0 Å². The van der Waals surface area contributed by atoms with Gasteiger partial charge >= 0.3 is 7.60 Å². The molecule has 2 heterocycles. The minimum absolute atomic E-state index is 0.0342. The van der Waals surface area contributed by atoms with E-state index in [1.165, 1.54) is 6.07 Å². The van der Waals surface area contributed by atoms with Crippen LogP contribution in [-0.2, 0) is 20.2 Å². The molecule has 3 rings (SSSR count). The van der Waals surface area contributed by atoms with E-state index in [0.717, 1.165) is 0 Å². The number of anilines is 1. The van der Waals surface area contributed by atoms with E-state index < -0.39 is 13.4 Å². The molecular weight excluding hydrogens is 464 g/mol. The van der Waals surface area contributed by atoms with Gasteiger partial charge in [0.25, 0.3) is 0 Å². The minimum Gasteiger partial charge on any atom is -0.445 e. The molecule has 7 nitrogen and oxygen atoms in total. The van der Waals surface area contributed by atoms with Crippen LogP contribution in [0.3, 0.4) is 0 Å². The second kappa shape index (κ2) is 8.60. The number of hydrogen-bond donors (Lipinski definition) is 1. The fourth-order valence-corrected chi connectivity index (χ4v) is 5.16. The molecule has 29 heavy (non-hydrogen) atoms. The van der Waals surface area contributed by atoms with Crippen LogP contribution in [0.5, 0.6) is 0 Å². The van der Waals surface area contributed by atoms with Gasteiger partial charge in [-0.3, -0.25) is 4.57 Å². The van der Waals surface area contributed by atoms with Crippen molar-refractivity contribution in [3.8, 4) is 11.6 Å². The smallest absolute Gasteiger partial charge is 0.396 e. The van der Waals surface area contributed by atoms with Gasteiger partial charge in [0.1, 0.15) is 11.3 Å². The van der Waals surface area contributed by atoms with Crippen molar-refractivity contribution in [2.75, 3.05) is 18.9 Å². The Balaban J connectivity index is 2.20. The van der Waals surface area contributed by atoms with E-state index in [1.807, 2.05) is 4.57 Å². The first-order valence-electron chi connectivity index (χ1n) is 9.35. The SMILES string of the molecule is CCOP(=O)(OCC)c1ccc(-c2nc3c(N)c(F)cc(Br)c3n2CC(C)C)o1. The van der Waals surface area contributed by atoms with Crippen LogP contribution in [0.2, 0.25) is 0 Å². The molecule has 10 heteroatoms. The van der Waals surface area contributed by atoms with Crippen molar-refractivity contribution in [3.05, 3.63) is 28.5 Å². The molecule has 2 aromatic heterocycles. The van der Waals surface area contributed by atoms with Crippen LogP contribution in [-0.4, -0.2) is 22.8 Å². The minimum atomic E-state index is -3.57. The first-order chi connectivity index (χ1) is 13.7.